The van der Waals surface area contributed by atoms with Crippen molar-refractivity contribution in [2.45, 2.75) is 0 Å². The SMILES string of the molecule is COC(=O)O.NN.O. The number of hydrogen-bond acceptors (Lipinski definition) is 4. The summed E-state index contributed by atoms with van der Waals surface area (Å²) in [5.41, 5.74) is 0. The average molecular weight is 126 g/mol. The van der Waals surface area contributed by atoms with Crippen LogP contribution in [0.4, 0.5) is 4.79 Å². The fourth-order valence-electron chi connectivity index (χ4n) is 0. The Balaban J connectivity index is -0.0000000750. The Bertz CT molecular complexity index is 47.3. The summed E-state index contributed by atoms with van der Waals surface area (Å²) in [6, 6.07) is 0. The maximum atomic E-state index is 9.15. The van der Waals surface area contributed by atoms with Crippen molar-refractivity contribution in [1.82, 2.24) is 0 Å². The number of ether oxygens (including phenoxy) is 1. The van der Waals surface area contributed by atoms with Crippen molar-refractivity contribution in [3.8, 4) is 0 Å². The molecule has 0 amide bonds. The molecule has 6 nitrogen and oxygen atoms in total. The Hall–Kier alpha value is -0.850. The summed E-state index contributed by atoms with van der Waals surface area (Å²) in [7, 11) is 1.10. The van der Waals surface area contributed by atoms with Crippen molar-refractivity contribution >= 4 is 6.16 Å². The average Bonchev–Trinajstić information content (AvgIpc) is 1.73. The van der Waals surface area contributed by atoms with Crippen LogP contribution < -0.4 is 11.7 Å². The van der Waals surface area contributed by atoms with Gasteiger partial charge in [0.1, 0.15) is 0 Å². The summed E-state index contributed by atoms with van der Waals surface area (Å²) in [5.74, 6) is 8.00. The number of carboxylic acid groups (broad SMARTS) is 1. The van der Waals surface area contributed by atoms with E-state index in [4.69, 9.17) is 9.90 Å². The molecule has 0 rings (SSSR count). The zero-order valence-corrected chi connectivity index (χ0v) is 4.42. The van der Waals surface area contributed by atoms with Gasteiger partial charge in [-0.15, -0.1) is 0 Å². The van der Waals surface area contributed by atoms with Crippen LogP contribution >= 0.6 is 0 Å². The molecule has 0 unspecified atom stereocenters. The minimum absolute atomic E-state index is 0. The topological polar surface area (TPSA) is 130 Å². The molecule has 0 aromatic heterocycles. The number of hydrazine groups is 1. The van der Waals surface area contributed by atoms with Crippen LogP contribution in [0.2, 0.25) is 0 Å². The van der Waals surface area contributed by atoms with Crippen LogP contribution in [0.1, 0.15) is 0 Å². The highest BCUT2D eigenvalue weighted by atomic mass is 16.6. The fraction of sp³-hybridized carbons (Fsp3) is 0.500. The zero-order valence-electron chi connectivity index (χ0n) is 4.42. The van der Waals surface area contributed by atoms with Crippen LogP contribution in [0.5, 0.6) is 0 Å². The summed E-state index contributed by atoms with van der Waals surface area (Å²) in [6.45, 7) is 0. The number of methoxy groups -OCH3 is 1. The molecular formula is C2H10N2O4. The van der Waals surface area contributed by atoms with Crippen LogP contribution in [-0.2, 0) is 4.74 Å². The Morgan fingerprint density at radius 2 is 1.75 bits per heavy atom. The molecule has 0 aliphatic heterocycles. The molecule has 0 saturated heterocycles. The van der Waals surface area contributed by atoms with Gasteiger partial charge >= 0.3 is 6.16 Å². The van der Waals surface area contributed by atoms with Gasteiger partial charge in [-0.3, -0.25) is 11.7 Å². The second kappa shape index (κ2) is 16.4. The molecule has 0 atom stereocenters. The largest absolute Gasteiger partial charge is 0.505 e. The Labute approximate surface area is 46.3 Å². The normalized spacial score (nSPS) is 4.88. The highest BCUT2D eigenvalue weighted by molar-refractivity contribution is 5.56. The van der Waals surface area contributed by atoms with Gasteiger partial charge in [0.25, 0.3) is 0 Å². The minimum atomic E-state index is -1.25. The second-order valence-electron chi connectivity index (χ2n) is 0.470. The quantitative estimate of drug-likeness (QED) is 0.202. The third-order valence-corrected chi connectivity index (χ3v) is 0.175. The molecule has 8 heavy (non-hydrogen) atoms. The highest BCUT2D eigenvalue weighted by Crippen LogP contribution is 1.60. The summed E-state index contributed by atoms with van der Waals surface area (Å²) < 4.78 is 3.67. The third-order valence-electron chi connectivity index (χ3n) is 0.175. The van der Waals surface area contributed by atoms with Crippen LogP contribution in [0.25, 0.3) is 0 Å². The van der Waals surface area contributed by atoms with E-state index in [0.717, 1.165) is 7.11 Å². The van der Waals surface area contributed by atoms with E-state index < -0.39 is 6.16 Å². The summed E-state index contributed by atoms with van der Waals surface area (Å²) in [6.07, 6.45) is -1.25. The van der Waals surface area contributed by atoms with Gasteiger partial charge in [0, 0.05) is 0 Å². The predicted molar refractivity (Wildman–Crippen MR) is 27.0 cm³/mol. The number of hydrogen-bond donors (Lipinski definition) is 3. The van der Waals surface area contributed by atoms with Crippen LogP contribution in [0, 0.1) is 0 Å². The molecule has 0 heterocycles. The molecule has 0 aliphatic carbocycles. The Morgan fingerprint density at radius 1 is 1.62 bits per heavy atom. The lowest BCUT2D eigenvalue weighted by Crippen LogP contribution is -2.02. The molecule has 0 fully saturated rings. The Kier molecular flexibility index (Phi) is 32.3. The first-order chi connectivity index (χ1) is 3.27. The summed E-state index contributed by atoms with van der Waals surface area (Å²) in [5, 5.41) is 7.50. The van der Waals surface area contributed by atoms with Gasteiger partial charge in [0.05, 0.1) is 7.11 Å². The molecule has 6 heteroatoms. The van der Waals surface area contributed by atoms with Crippen molar-refractivity contribution in [3.05, 3.63) is 0 Å². The lowest BCUT2D eigenvalue weighted by atomic mass is 11.4. The maximum Gasteiger partial charge on any atom is 0.505 e. The predicted octanol–water partition coefficient (Wildman–Crippen LogP) is -1.70. The van der Waals surface area contributed by atoms with Crippen LogP contribution in [0.3, 0.4) is 0 Å². The van der Waals surface area contributed by atoms with Gasteiger partial charge in [-0.1, -0.05) is 0 Å². The molecule has 0 radical (unpaired) electrons. The Morgan fingerprint density at radius 3 is 1.75 bits per heavy atom. The van der Waals surface area contributed by atoms with Crippen molar-refractivity contribution in [2.75, 3.05) is 7.11 Å². The summed E-state index contributed by atoms with van der Waals surface area (Å²) >= 11 is 0. The van der Waals surface area contributed by atoms with E-state index in [1.54, 1.807) is 0 Å². The van der Waals surface area contributed by atoms with Crippen molar-refractivity contribution in [1.29, 1.82) is 0 Å². The van der Waals surface area contributed by atoms with Gasteiger partial charge in [0.15, 0.2) is 0 Å². The van der Waals surface area contributed by atoms with E-state index in [0.29, 0.717) is 0 Å². The molecular weight excluding hydrogens is 116 g/mol. The number of nitrogens with two attached hydrogens (primary N) is 2. The van der Waals surface area contributed by atoms with Gasteiger partial charge in [0.2, 0.25) is 0 Å². The lowest BCUT2D eigenvalue weighted by molar-refractivity contribution is 0.114. The second-order valence-corrected chi connectivity index (χ2v) is 0.470. The van der Waals surface area contributed by atoms with Gasteiger partial charge in [-0.05, 0) is 0 Å². The molecule has 52 valence electrons. The van der Waals surface area contributed by atoms with E-state index >= 15 is 0 Å². The first kappa shape index (κ1) is 15.7. The monoisotopic (exact) mass is 126 g/mol. The first-order valence-corrected chi connectivity index (χ1v) is 1.37. The number of rotatable bonds is 0. The standard InChI is InChI=1S/C2H4O3.H4N2.H2O/c1-5-2(3)4;1-2;/h1H3,(H,3,4);1-2H2;1H2. The van der Waals surface area contributed by atoms with Gasteiger partial charge in [-0.2, -0.15) is 0 Å². The molecule has 7 N–H and O–H groups in total. The van der Waals surface area contributed by atoms with Crippen LogP contribution in [-0.4, -0.2) is 23.8 Å². The molecule has 0 bridgehead atoms. The fourth-order valence-corrected chi connectivity index (χ4v) is 0. The van der Waals surface area contributed by atoms with E-state index in [1.165, 1.54) is 0 Å². The van der Waals surface area contributed by atoms with E-state index in [9.17, 15) is 0 Å². The number of carbonyl (C=O) groups is 1. The maximum absolute atomic E-state index is 9.15. The summed E-state index contributed by atoms with van der Waals surface area (Å²) in [4.78, 5) is 9.15. The minimum Gasteiger partial charge on any atom is -0.450 e. The van der Waals surface area contributed by atoms with Crippen LogP contribution in [0.15, 0.2) is 0 Å². The van der Waals surface area contributed by atoms with E-state index in [2.05, 4.69) is 16.4 Å². The molecule has 0 aliphatic rings. The smallest absolute Gasteiger partial charge is 0.450 e. The zero-order chi connectivity index (χ0) is 6.28. The molecule has 0 spiro atoms. The van der Waals surface area contributed by atoms with E-state index in [-0.39, 0.29) is 5.48 Å². The molecule has 0 aromatic rings. The van der Waals surface area contributed by atoms with Crippen molar-refractivity contribution < 1.29 is 20.1 Å². The van der Waals surface area contributed by atoms with Crippen molar-refractivity contribution in [3.63, 3.8) is 0 Å². The first-order valence-electron chi connectivity index (χ1n) is 1.37. The molecule has 0 aromatic carbocycles. The van der Waals surface area contributed by atoms with Crippen molar-refractivity contribution in [2.24, 2.45) is 11.7 Å². The molecule has 0 saturated carbocycles. The van der Waals surface area contributed by atoms with Gasteiger partial charge < -0.3 is 15.3 Å². The van der Waals surface area contributed by atoms with E-state index in [1.807, 2.05) is 0 Å². The highest BCUT2D eigenvalue weighted by Gasteiger charge is 1.80. The lowest BCUT2D eigenvalue weighted by Gasteiger charge is -1.79. The van der Waals surface area contributed by atoms with Gasteiger partial charge in [-0.25, -0.2) is 4.79 Å². The third kappa shape index (κ3) is 67.1.